The molecular formula is C11H11F3O3. The molecule has 94 valence electrons. The van der Waals surface area contributed by atoms with Crippen molar-refractivity contribution in [1.29, 1.82) is 0 Å². The van der Waals surface area contributed by atoms with E-state index in [1.807, 2.05) is 0 Å². The number of hydrogen-bond donors (Lipinski definition) is 2. The molecule has 0 amide bonds. The summed E-state index contributed by atoms with van der Waals surface area (Å²) in [6, 6.07) is 3.01. The van der Waals surface area contributed by atoms with Crippen LogP contribution in [0.4, 0.5) is 13.2 Å². The van der Waals surface area contributed by atoms with Gasteiger partial charge in [-0.1, -0.05) is 13.0 Å². The Kier molecular flexibility index (Phi) is 3.65. The number of benzene rings is 1. The molecule has 1 atom stereocenters. The van der Waals surface area contributed by atoms with Crippen LogP contribution in [0.2, 0.25) is 0 Å². The Morgan fingerprint density at radius 1 is 1.41 bits per heavy atom. The smallest absolute Gasteiger partial charge is 0.416 e. The van der Waals surface area contributed by atoms with E-state index in [2.05, 4.69) is 0 Å². The number of carbonyl (C=O) groups is 1. The van der Waals surface area contributed by atoms with Crippen LogP contribution in [0.25, 0.3) is 0 Å². The highest BCUT2D eigenvalue weighted by atomic mass is 19.4. The van der Waals surface area contributed by atoms with Crippen molar-refractivity contribution in [2.24, 2.45) is 5.92 Å². The number of alkyl halides is 3. The summed E-state index contributed by atoms with van der Waals surface area (Å²) in [7, 11) is 0. The summed E-state index contributed by atoms with van der Waals surface area (Å²) >= 11 is 0. The van der Waals surface area contributed by atoms with Gasteiger partial charge in [0.25, 0.3) is 0 Å². The number of aliphatic carboxylic acids is 1. The molecule has 0 aliphatic rings. The summed E-state index contributed by atoms with van der Waals surface area (Å²) in [5.74, 6) is -2.74. The summed E-state index contributed by atoms with van der Waals surface area (Å²) in [4.78, 5) is 10.6. The normalized spacial score (nSPS) is 13.4. The van der Waals surface area contributed by atoms with E-state index in [1.54, 1.807) is 0 Å². The van der Waals surface area contributed by atoms with Gasteiger partial charge in [0.15, 0.2) is 0 Å². The van der Waals surface area contributed by atoms with Crippen molar-refractivity contribution in [1.82, 2.24) is 0 Å². The molecule has 0 bridgehead atoms. The van der Waals surface area contributed by atoms with Crippen LogP contribution in [-0.4, -0.2) is 16.2 Å². The molecule has 0 aliphatic carbocycles. The Hall–Kier alpha value is -1.72. The van der Waals surface area contributed by atoms with Crippen molar-refractivity contribution < 1.29 is 28.2 Å². The van der Waals surface area contributed by atoms with E-state index in [0.717, 1.165) is 18.2 Å². The average Bonchev–Trinajstić information content (AvgIpc) is 2.18. The molecule has 2 N–H and O–H groups in total. The zero-order valence-electron chi connectivity index (χ0n) is 8.95. The van der Waals surface area contributed by atoms with Gasteiger partial charge >= 0.3 is 12.1 Å². The van der Waals surface area contributed by atoms with Gasteiger partial charge in [0.05, 0.1) is 11.5 Å². The number of phenolic OH excluding ortho intramolecular Hbond substituents is 1. The van der Waals surface area contributed by atoms with Gasteiger partial charge in [0, 0.05) is 5.56 Å². The molecule has 6 heteroatoms. The Morgan fingerprint density at radius 3 is 2.47 bits per heavy atom. The fourth-order valence-electron chi connectivity index (χ4n) is 1.45. The van der Waals surface area contributed by atoms with E-state index < -0.39 is 29.4 Å². The molecule has 1 aromatic carbocycles. The van der Waals surface area contributed by atoms with Crippen LogP contribution in [0.3, 0.4) is 0 Å². The Labute approximate surface area is 95.5 Å². The third-order valence-electron chi connectivity index (χ3n) is 2.39. The first-order valence-electron chi connectivity index (χ1n) is 4.84. The highest BCUT2D eigenvalue weighted by molar-refractivity contribution is 5.70. The number of phenols is 1. The van der Waals surface area contributed by atoms with Gasteiger partial charge in [-0.15, -0.1) is 0 Å². The van der Waals surface area contributed by atoms with Crippen molar-refractivity contribution in [3.8, 4) is 5.75 Å². The largest absolute Gasteiger partial charge is 0.508 e. The van der Waals surface area contributed by atoms with Gasteiger partial charge < -0.3 is 10.2 Å². The van der Waals surface area contributed by atoms with Crippen molar-refractivity contribution in [2.45, 2.75) is 19.5 Å². The Bertz CT molecular complexity index is 426. The highest BCUT2D eigenvalue weighted by Crippen LogP contribution is 2.36. The number of rotatable bonds is 3. The number of aromatic hydroxyl groups is 1. The van der Waals surface area contributed by atoms with Crippen molar-refractivity contribution in [2.75, 3.05) is 0 Å². The van der Waals surface area contributed by atoms with Crippen LogP contribution in [-0.2, 0) is 17.4 Å². The molecular weight excluding hydrogens is 237 g/mol. The minimum absolute atomic E-state index is 0.364. The van der Waals surface area contributed by atoms with E-state index in [-0.39, 0.29) is 12.0 Å². The lowest BCUT2D eigenvalue weighted by atomic mass is 9.95. The molecule has 1 unspecified atom stereocenters. The maximum atomic E-state index is 12.6. The van der Waals surface area contributed by atoms with E-state index in [0.29, 0.717) is 0 Å². The topological polar surface area (TPSA) is 57.5 Å². The van der Waals surface area contributed by atoms with Crippen molar-refractivity contribution in [3.63, 3.8) is 0 Å². The van der Waals surface area contributed by atoms with E-state index >= 15 is 0 Å². The lowest BCUT2D eigenvalue weighted by molar-refractivity contribution is -0.142. The summed E-state index contributed by atoms with van der Waals surface area (Å²) in [5, 5.41) is 18.1. The van der Waals surface area contributed by atoms with Gasteiger partial charge in [-0.3, -0.25) is 4.79 Å². The second kappa shape index (κ2) is 4.65. The molecule has 0 heterocycles. The van der Waals surface area contributed by atoms with Crippen molar-refractivity contribution >= 4 is 5.97 Å². The van der Waals surface area contributed by atoms with Crippen molar-refractivity contribution in [3.05, 3.63) is 29.3 Å². The number of carboxylic acid groups (broad SMARTS) is 1. The number of hydrogen-bond acceptors (Lipinski definition) is 2. The third-order valence-corrected chi connectivity index (χ3v) is 2.39. The number of halogens is 3. The zero-order chi connectivity index (χ0) is 13.2. The lowest BCUT2D eigenvalue weighted by Gasteiger charge is -2.15. The molecule has 0 radical (unpaired) electrons. The third kappa shape index (κ3) is 3.12. The molecule has 3 nitrogen and oxygen atoms in total. The van der Waals surface area contributed by atoms with Crippen LogP contribution < -0.4 is 0 Å². The van der Waals surface area contributed by atoms with E-state index in [4.69, 9.17) is 5.11 Å². The second-order valence-electron chi connectivity index (χ2n) is 3.74. The van der Waals surface area contributed by atoms with E-state index in [1.165, 1.54) is 6.92 Å². The summed E-state index contributed by atoms with van der Waals surface area (Å²) in [6.07, 6.45) is -4.97. The van der Waals surface area contributed by atoms with Gasteiger partial charge in [-0.05, 0) is 18.6 Å². The Balaban J connectivity index is 3.17. The van der Waals surface area contributed by atoms with Crippen LogP contribution in [0.5, 0.6) is 5.75 Å². The molecule has 0 fully saturated rings. The quantitative estimate of drug-likeness (QED) is 0.864. The fraction of sp³-hybridized carbons (Fsp3) is 0.364. The molecule has 0 saturated heterocycles. The summed E-state index contributed by atoms with van der Waals surface area (Å²) in [5.41, 5.74) is -1.37. The maximum Gasteiger partial charge on any atom is 0.416 e. The van der Waals surface area contributed by atoms with Gasteiger partial charge in [-0.2, -0.15) is 13.2 Å². The van der Waals surface area contributed by atoms with Crippen LogP contribution >= 0.6 is 0 Å². The summed E-state index contributed by atoms with van der Waals surface area (Å²) < 4.78 is 37.9. The van der Waals surface area contributed by atoms with Gasteiger partial charge in [0.1, 0.15) is 5.75 Å². The zero-order valence-corrected chi connectivity index (χ0v) is 8.95. The van der Waals surface area contributed by atoms with E-state index in [9.17, 15) is 23.1 Å². The molecule has 0 spiro atoms. The summed E-state index contributed by atoms with van der Waals surface area (Å²) in [6.45, 7) is 1.29. The predicted molar refractivity (Wildman–Crippen MR) is 53.6 cm³/mol. The first-order valence-corrected chi connectivity index (χ1v) is 4.84. The van der Waals surface area contributed by atoms with Crippen LogP contribution in [0.15, 0.2) is 18.2 Å². The SMILES string of the molecule is CC(Cc1c(O)cccc1C(F)(F)F)C(=O)O. The van der Waals surface area contributed by atoms with Gasteiger partial charge in [0.2, 0.25) is 0 Å². The van der Waals surface area contributed by atoms with Gasteiger partial charge in [-0.25, -0.2) is 0 Å². The Morgan fingerprint density at radius 2 is 2.00 bits per heavy atom. The minimum Gasteiger partial charge on any atom is -0.508 e. The monoisotopic (exact) mass is 248 g/mol. The number of carboxylic acids is 1. The first kappa shape index (κ1) is 13.3. The molecule has 0 saturated carbocycles. The molecule has 1 aromatic rings. The van der Waals surface area contributed by atoms with Crippen LogP contribution in [0, 0.1) is 5.92 Å². The molecule has 1 rings (SSSR count). The highest BCUT2D eigenvalue weighted by Gasteiger charge is 2.35. The molecule has 17 heavy (non-hydrogen) atoms. The molecule has 0 aliphatic heterocycles. The predicted octanol–water partition coefficient (Wildman–Crippen LogP) is 2.67. The second-order valence-corrected chi connectivity index (χ2v) is 3.74. The standard InChI is InChI=1S/C11H11F3O3/c1-6(10(16)17)5-7-8(11(12,13)14)3-2-4-9(7)15/h2-4,6,15H,5H2,1H3,(H,16,17). The van der Waals surface area contributed by atoms with Crippen LogP contribution in [0.1, 0.15) is 18.1 Å². The maximum absolute atomic E-state index is 12.6. The molecule has 0 aromatic heterocycles. The first-order chi connectivity index (χ1) is 7.73. The lowest BCUT2D eigenvalue weighted by Crippen LogP contribution is -2.16. The average molecular weight is 248 g/mol. The fourth-order valence-corrected chi connectivity index (χ4v) is 1.45. The minimum atomic E-state index is -4.60.